The zero-order valence-electron chi connectivity index (χ0n) is 12.3. The van der Waals surface area contributed by atoms with E-state index in [2.05, 4.69) is 39.7 Å². The van der Waals surface area contributed by atoms with Gasteiger partial charge in [-0.1, -0.05) is 0 Å². The second kappa shape index (κ2) is 5.72. The van der Waals surface area contributed by atoms with Gasteiger partial charge in [-0.2, -0.15) is 5.26 Å². The summed E-state index contributed by atoms with van der Waals surface area (Å²) in [6.07, 6.45) is 0. The molecule has 1 aliphatic heterocycles. The van der Waals surface area contributed by atoms with Crippen LogP contribution in [0, 0.1) is 25.2 Å². The Morgan fingerprint density at radius 3 is 2.16 bits per heavy atom. The molecule has 2 rings (SSSR count). The largest absolute Gasteiger partial charge is 0.346 e. The molecular weight excluding hydrogens is 238 g/mol. The zero-order chi connectivity index (χ0) is 14.0. The first-order valence-electron chi connectivity index (χ1n) is 6.93. The van der Waals surface area contributed by atoms with Crippen LogP contribution in [0.5, 0.6) is 0 Å². The highest BCUT2D eigenvalue weighted by molar-refractivity contribution is 5.22. The minimum Gasteiger partial charge on any atom is -0.346 e. The Morgan fingerprint density at radius 1 is 1.16 bits per heavy atom. The van der Waals surface area contributed by atoms with Crippen molar-refractivity contribution in [2.45, 2.75) is 39.8 Å². The second-order valence-electron chi connectivity index (χ2n) is 5.53. The van der Waals surface area contributed by atoms with E-state index in [1.54, 1.807) is 0 Å². The average Bonchev–Trinajstić information content (AvgIpc) is 2.70. The Balaban J connectivity index is 2.08. The summed E-state index contributed by atoms with van der Waals surface area (Å²) in [6, 6.07) is 2.77. The number of H-pyrrole nitrogens is 1. The zero-order valence-corrected chi connectivity index (χ0v) is 12.3. The van der Waals surface area contributed by atoms with Gasteiger partial charge in [0.1, 0.15) is 11.9 Å². The fraction of sp³-hybridized carbons (Fsp3) is 0.714. The number of aryl methyl sites for hydroxylation is 2. The van der Waals surface area contributed by atoms with Crippen molar-refractivity contribution in [3.05, 3.63) is 17.2 Å². The summed E-state index contributed by atoms with van der Waals surface area (Å²) in [5, 5.41) is 9.48. The van der Waals surface area contributed by atoms with E-state index in [-0.39, 0.29) is 6.04 Å². The van der Waals surface area contributed by atoms with Crippen LogP contribution in [-0.4, -0.2) is 52.0 Å². The molecule has 1 atom stereocenters. The van der Waals surface area contributed by atoms with Crippen LogP contribution in [-0.2, 0) is 0 Å². The van der Waals surface area contributed by atoms with E-state index < -0.39 is 0 Å². The quantitative estimate of drug-likeness (QED) is 0.898. The van der Waals surface area contributed by atoms with Crippen molar-refractivity contribution in [2.24, 2.45) is 0 Å². The van der Waals surface area contributed by atoms with Gasteiger partial charge in [-0.3, -0.25) is 9.80 Å². The van der Waals surface area contributed by atoms with Crippen LogP contribution in [0.3, 0.4) is 0 Å². The van der Waals surface area contributed by atoms with E-state index in [1.165, 1.54) is 0 Å². The van der Waals surface area contributed by atoms with Crippen molar-refractivity contribution >= 4 is 0 Å². The van der Waals surface area contributed by atoms with Crippen molar-refractivity contribution in [3.8, 4) is 6.07 Å². The van der Waals surface area contributed by atoms with Crippen molar-refractivity contribution in [1.29, 1.82) is 5.26 Å². The number of nitriles is 1. The summed E-state index contributed by atoms with van der Waals surface area (Å²) >= 11 is 0. The molecule has 2 heterocycles. The molecule has 1 fully saturated rings. The van der Waals surface area contributed by atoms with Crippen molar-refractivity contribution in [2.75, 3.05) is 26.2 Å². The fourth-order valence-corrected chi connectivity index (χ4v) is 2.72. The minimum absolute atomic E-state index is 0.223. The molecule has 0 radical (unpaired) electrons. The number of piperazine rings is 1. The van der Waals surface area contributed by atoms with Crippen molar-refractivity contribution in [1.82, 2.24) is 19.8 Å². The third-order valence-corrected chi connectivity index (χ3v) is 3.87. The molecule has 104 valence electrons. The molecule has 0 aliphatic carbocycles. The van der Waals surface area contributed by atoms with Gasteiger partial charge in [-0.15, -0.1) is 0 Å². The van der Waals surface area contributed by atoms with Crippen molar-refractivity contribution < 1.29 is 0 Å². The first kappa shape index (κ1) is 14.0. The highest BCUT2D eigenvalue weighted by atomic mass is 15.3. The first-order chi connectivity index (χ1) is 9.02. The standard InChI is InChI=1S/C14H23N5/c1-10(2)18-5-7-19(8-6-18)13(9-15)14-11(3)16-12(4)17-14/h10,13H,5-8H2,1-4H3,(H,16,17). The molecule has 0 amide bonds. The van der Waals surface area contributed by atoms with Crippen LogP contribution in [0.4, 0.5) is 0 Å². The molecule has 0 spiro atoms. The number of aromatic amines is 1. The lowest BCUT2D eigenvalue weighted by atomic mass is 10.1. The molecule has 0 saturated carbocycles. The lowest BCUT2D eigenvalue weighted by Gasteiger charge is -2.38. The van der Waals surface area contributed by atoms with E-state index >= 15 is 0 Å². The smallest absolute Gasteiger partial charge is 0.142 e. The molecule has 1 aromatic heterocycles. The van der Waals surface area contributed by atoms with E-state index in [0.29, 0.717) is 6.04 Å². The Bertz CT molecular complexity index is 463. The van der Waals surface area contributed by atoms with Gasteiger partial charge in [0.25, 0.3) is 0 Å². The number of nitrogens with one attached hydrogen (secondary N) is 1. The van der Waals surface area contributed by atoms with Crippen LogP contribution in [0.25, 0.3) is 0 Å². The molecular formula is C14H23N5. The summed E-state index contributed by atoms with van der Waals surface area (Å²) in [5.41, 5.74) is 1.90. The predicted octanol–water partition coefficient (Wildman–Crippen LogP) is 1.62. The Morgan fingerprint density at radius 2 is 1.74 bits per heavy atom. The van der Waals surface area contributed by atoms with Gasteiger partial charge in [-0.25, -0.2) is 4.98 Å². The summed E-state index contributed by atoms with van der Waals surface area (Å²) < 4.78 is 0. The number of aromatic nitrogens is 2. The Kier molecular flexibility index (Phi) is 4.23. The maximum atomic E-state index is 9.48. The highest BCUT2D eigenvalue weighted by Gasteiger charge is 2.28. The lowest BCUT2D eigenvalue weighted by Crippen LogP contribution is -2.49. The van der Waals surface area contributed by atoms with Gasteiger partial charge in [-0.05, 0) is 27.7 Å². The second-order valence-corrected chi connectivity index (χ2v) is 5.53. The third-order valence-electron chi connectivity index (χ3n) is 3.87. The fourth-order valence-electron chi connectivity index (χ4n) is 2.72. The molecule has 0 aromatic carbocycles. The summed E-state index contributed by atoms with van der Waals surface area (Å²) in [4.78, 5) is 12.4. The minimum atomic E-state index is -0.223. The molecule has 1 N–H and O–H groups in total. The lowest BCUT2D eigenvalue weighted by molar-refractivity contribution is 0.0920. The molecule has 1 saturated heterocycles. The molecule has 0 bridgehead atoms. The van der Waals surface area contributed by atoms with E-state index in [4.69, 9.17) is 0 Å². The number of hydrogen-bond acceptors (Lipinski definition) is 4. The van der Waals surface area contributed by atoms with E-state index in [0.717, 1.165) is 43.4 Å². The van der Waals surface area contributed by atoms with E-state index in [1.807, 2.05) is 13.8 Å². The van der Waals surface area contributed by atoms with Crippen LogP contribution >= 0.6 is 0 Å². The highest BCUT2D eigenvalue weighted by Crippen LogP contribution is 2.23. The monoisotopic (exact) mass is 261 g/mol. The van der Waals surface area contributed by atoms with Crippen LogP contribution in [0.15, 0.2) is 0 Å². The number of nitrogens with zero attached hydrogens (tertiary/aromatic N) is 4. The SMILES string of the molecule is Cc1nc(C(C#N)N2CCN(C(C)C)CC2)c(C)[nH]1. The van der Waals surface area contributed by atoms with Gasteiger partial charge in [0.05, 0.1) is 11.8 Å². The molecule has 19 heavy (non-hydrogen) atoms. The predicted molar refractivity (Wildman–Crippen MR) is 74.7 cm³/mol. The molecule has 5 heteroatoms. The van der Waals surface area contributed by atoms with Gasteiger partial charge in [0.15, 0.2) is 0 Å². The van der Waals surface area contributed by atoms with Gasteiger partial charge in [0, 0.05) is 37.9 Å². The molecule has 5 nitrogen and oxygen atoms in total. The third kappa shape index (κ3) is 2.96. The van der Waals surface area contributed by atoms with Gasteiger partial charge < -0.3 is 4.98 Å². The summed E-state index contributed by atoms with van der Waals surface area (Å²) in [6.45, 7) is 12.3. The maximum absolute atomic E-state index is 9.48. The number of rotatable bonds is 3. The maximum Gasteiger partial charge on any atom is 0.142 e. The van der Waals surface area contributed by atoms with Crippen molar-refractivity contribution in [3.63, 3.8) is 0 Å². The number of hydrogen-bond donors (Lipinski definition) is 1. The topological polar surface area (TPSA) is 59.0 Å². The summed E-state index contributed by atoms with van der Waals surface area (Å²) in [5.74, 6) is 0.883. The summed E-state index contributed by atoms with van der Waals surface area (Å²) in [7, 11) is 0. The molecule has 1 aliphatic rings. The normalized spacial score (nSPS) is 19.6. The van der Waals surface area contributed by atoms with Crippen LogP contribution < -0.4 is 0 Å². The Labute approximate surface area is 115 Å². The van der Waals surface area contributed by atoms with Crippen LogP contribution in [0.1, 0.15) is 37.1 Å². The molecule has 1 aromatic rings. The van der Waals surface area contributed by atoms with Gasteiger partial charge in [0.2, 0.25) is 0 Å². The van der Waals surface area contributed by atoms with Gasteiger partial charge >= 0.3 is 0 Å². The Hall–Kier alpha value is -1.38. The van der Waals surface area contributed by atoms with E-state index in [9.17, 15) is 5.26 Å². The first-order valence-corrected chi connectivity index (χ1v) is 6.93. The number of imidazole rings is 1. The van der Waals surface area contributed by atoms with Crippen LogP contribution in [0.2, 0.25) is 0 Å². The average molecular weight is 261 g/mol. The molecule has 1 unspecified atom stereocenters.